The third-order valence-electron chi connectivity index (χ3n) is 3.10. The summed E-state index contributed by atoms with van der Waals surface area (Å²) in [6.45, 7) is -0.151. The lowest BCUT2D eigenvalue weighted by Gasteiger charge is -2.26. The molecule has 1 amide bonds. The van der Waals surface area contributed by atoms with E-state index >= 15 is 0 Å². The molecule has 0 spiro atoms. The number of nitrogens with zero attached hydrogens (tertiary/aromatic N) is 1. The van der Waals surface area contributed by atoms with Crippen molar-refractivity contribution in [2.24, 2.45) is 0 Å². The minimum Gasteiger partial charge on any atom is -0.481 e. The maximum atomic E-state index is 13.4. The number of methoxy groups -OCH3 is 1. The van der Waals surface area contributed by atoms with E-state index in [2.05, 4.69) is 9.72 Å². The molecule has 0 radical (unpaired) electrons. The fourth-order valence-electron chi connectivity index (χ4n) is 1.60. The first-order valence-electron chi connectivity index (χ1n) is 6.51. The zero-order chi connectivity index (χ0) is 18.9. The monoisotopic (exact) mass is 357 g/mol. The van der Waals surface area contributed by atoms with Crippen molar-refractivity contribution < 1.29 is 36.6 Å². The summed E-state index contributed by atoms with van der Waals surface area (Å²) in [5.41, 5.74) is 0.534. The molecule has 0 aromatic carbocycles. The fourth-order valence-corrected chi connectivity index (χ4v) is 1.60. The van der Waals surface area contributed by atoms with Gasteiger partial charge in [-0.1, -0.05) is 0 Å². The Bertz CT molecular complexity index is 627. The molecule has 0 saturated heterocycles. The molecule has 1 heterocycles. The predicted molar refractivity (Wildman–Crippen MR) is 73.8 cm³/mol. The maximum Gasteiger partial charge on any atom is 0.418 e. The minimum atomic E-state index is -4.98. The summed E-state index contributed by atoms with van der Waals surface area (Å²) in [5.74, 6) is -5.13. The SMILES string of the molecule is COc1nc(C(=O)NC[C@](C)(O)C(F)(F)F)c(N)cc1C(C)(F)F. The molecule has 136 valence electrons. The Morgan fingerprint density at radius 2 is 1.88 bits per heavy atom. The van der Waals surface area contributed by atoms with Crippen LogP contribution >= 0.6 is 0 Å². The molecule has 0 fully saturated rings. The number of aromatic nitrogens is 1. The number of pyridine rings is 1. The Morgan fingerprint density at radius 3 is 2.29 bits per heavy atom. The second-order valence-electron chi connectivity index (χ2n) is 5.33. The number of carbonyl (C=O) groups is 1. The van der Waals surface area contributed by atoms with Gasteiger partial charge in [-0.15, -0.1) is 0 Å². The number of nitrogen functional groups attached to an aromatic ring is 1. The highest BCUT2D eigenvalue weighted by Gasteiger charge is 2.50. The first kappa shape index (κ1) is 19.9. The van der Waals surface area contributed by atoms with Gasteiger partial charge in [-0.2, -0.15) is 13.2 Å². The van der Waals surface area contributed by atoms with Crippen LogP contribution in [-0.2, 0) is 5.92 Å². The van der Waals surface area contributed by atoms with Gasteiger partial charge in [0.15, 0.2) is 11.3 Å². The van der Waals surface area contributed by atoms with Crippen LogP contribution in [0.5, 0.6) is 5.88 Å². The van der Waals surface area contributed by atoms with Gasteiger partial charge in [0, 0.05) is 6.92 Å². The number of amides is 1. The average molecular weight is 357 g/mol. The van der Waals surface area contributed by atoms with E-state index in [1.165, 1.54) is 0 Å². The van der Waals surface area contributed by atoms with Crippen LogP contribution < -0.4 is 15.8 Å². The Balaban J connectivity index is 3.09. The van der Waals surface area contributed by atoms with Gasteiger partial charge in [0.1, 0.15) is 0 Å². The second kappa shape index (κ2) is 6.38. The average Bonchev–Trinajstić information content (AvgIpc) is 2.42. The molecule has 0 bridgehead atoms. The second-order valence-corrected chi connectivity index (χ2v) is 5.33. The van der Waals surface area contributed by atoms with Crippen molar-refractivity contribution in [3.8, 4) is 5.88 Å². The van der Waals surface area contributed by atoms with Crippen molar-refractivity contribution in [3.05, 3.63) is 17.3 Å². The Kier molecular flexibility index (Phi) is 5.28. The largest absolute Gasteiger partial charge is 0.481 e. The Labute approximate surface area is 133 Å². The number of nitrogens with one attached hydrogen (secondary N) is 1. The van der Waals surface area contributed by atoms with Gasteiger partial charge in [0.2, 0.25) is 5.88 Å². The van der Waals surface area contributed by atoms with Crippen LogP contribution in [0.2, 0.25) is 0 Å². The molecule has 24 heavy (non-hydrogen) atoms. The highest BCUT2D eigenvalue weighted by molar-refractivity contribution is 5.97. The van der Waals surface area contributed by atoms with Gasteiger partial charge < -0.3 is 20.9 Å². The third kappa shape index (κ3) is 4.22. The molecule has 4 N–H and O–H groups in total. The van der Waals surface area contributed by atoms with E-state index < -0.39 is 53.0 Å². The van der Waals surface area contributed by atoms with Crippen LogP contribution in [-0.4, -0.2) is 41.4 Å². The maximum absolute atomic E-state index is 13.4. The van der Waals surface area contributed by atoms with Gasteiger partial charge in [0.25, 0.3) is 11.8 Å². The molecule has 0 aliphatic heterocycles. The van der Waals surface area contributed by atoms with Gasteiger partial charge in [-0.3, -0.25) is 4.79 Å². The van der Waals surface area contributed by atoms with E-state index in [-0.39, 0.29) is 0 Å². The summed E-state index contributed by atoms with van der Waals surface area (Å²) in [6, 6.07) is 0.753. The number of hydrogen-bond donors (Lipinski definition) is 3. The van der Waals surface area contributed by atoms with Gasteiger partial charge >= 0.3 is 6.18 Å². The standard InChI is InChI=1S/C13H16F5N3O3/c1-11(23,13(16,17)18)5-20-9(22)8-7(19)4-6(12(2,14)15)10(21-8)24-3/h4,23H,5,19H2,1-3H3,(H,20,22)/t11-/m0/s1. The number of halogens is 5. The number of alkyl halides is 5. The number of ether oxygens (including phenoxy) is 1. The van der Waals surface area contributed by atoms with E-state index in [1.807, 2.05) is 0 Å². The van der Waals surface area contributed by atoms with Gasteiger partial charge in [-0.25, -0.2) is 13.8 Å². The quantitative estimate of drug-likeness (QED) is 0.699. The van der Waals surface area contributed by atoms with E-state index in [0.29, 0.717) is 13.8 Å². The predicted octanol–water partition coefficient (Wildman–Crippen LogP) is 1.83. The van der Waals surface area contributed by atoms with Crippen molar-refractivity contribution in [1.29, 1.82) is 0 Å². The molecule has 0 unspecified atom stereocenters. The van der Waals surface area contributed by atoms with Crippen LogP contribution in [0, 0.1) is 0 Å². The summed E-state index contributed by atoms with van der Waals surface area (Å²) in [6.07, 6.45) is -4.98. The highest BCUT2D eigenvalue weighted by atomic mass is 19.4. The molecule has 1 rings (SSSR count). The zero-order valence-electron chi connectivity index (χ0n) is 13.0. The number of aliphatic hydroxyl groups is 1. The Hall–Kier alpha value is -2.17. The summed E-state index contributed by atoms with van der Waals surface area (Å²) in [4.78, 5) is 15.4. The molecular weight excluding hydrogens is 341 g/mol. The Morgan fingerprint density at radius 1 is 1.33 bits per heavy atom. The number of anilines is 1. The van der Waals surface area contributed by atoms with Crippen molar-refractivity contribution in [2.45, 2.75) is 31.5 Å². The lowest BCUT2D eigenvalue weighted by atomic mass is 10.1. The summed E-state index contributed by atoms with van der Waals surface area (Å²) < 4.78 is 69.1. The first-order chi connectivity index (χ1) is 10.7. The first-order valence-corrected chi connectivity index (χ1v) is 6.51. The zero-order valence-corrected chi connectivity index (χ0v) is 13.0. The summed E-state index contributed by atoms with van der Waals surface area (Å²) in [7, 11) is 1.03. The van der Waals surface area contributed by atoms with Gasteiger partial charge in [0.05, 0.1) is 24.9 Å². The summed E-state index contributed by atoms with van der Waals surface area (Å²) in [5, 5.41) is 11.1. The molecule has 1 aromatic heterocycles. The van der Waals surface area contributed by atoms with Crippen molar-refractivity contribution in [1.82, 2.24) is 10.3 Å². The molecule has 0 aliphatic rings. The smallest absolute Gasteiger partial charge is 0.418 e. The molecule has 11 heteroatoms. The van der Waals surface area contributed by atoms with Crippen LogP contribution in [0.3, 0.4) is 0 Å². The van der Waals surface area contributed by atoms with Crippen LogP contribution in [0.1, 0.15) is 29.9 Å². The van der Waals surface area contributed by atoms with Crippen molar-refractivity contribution >= 4 is 11.6 Å². The van der Waals surface area contributed by atoms with Crippen LogP contribution in [0.4, 0.5) is 27.6 Å². The lowest BCUT2D eigenvalue weighted by molar-refractivity contribution is -0.249. The number of rotatable bonds is 5. The number of hydrogen-bond acceptors (Lipinski definition) is 5. The number of carbonyl (C=O) groups excluding carboxylic acids is 1. The topological polar surface area (TPSA) is 97.5 Å². The third-order valence-corrected chi connectivity index (χ3v) is 3.10. The lowest BCUT2D eigenvalue weighted by Crippen LogP contribution is -2.51. The van der Waals surface area contributed by atoms with E-state index in [9.17, 15) is 31.9 Å². The van der Waals surface area contributed by atoms with Crippen molar-refractivity contribution in [3.63, 3.8) is 0 Å². The molecule has 1 aromatic rings. The van der Waals surface area contributed by atoms with Crippen LogP contribution in [0.15, 0.2) is 6.07 Å². The van der Waals surface area contributed by atoms with Crippen molar-refractivity contribution in [2.75, 3.05) is 19.4 Å². The summed E-state index contributed by atoms with van der Waals surface area (Å²) >= 11 is 0. The number of nitrogens with two attached hydrogens (primary N) is 1. The van der Waals surface area contributed by atoms with Crippen LogP contribution in [0.25, 0.3) is 0 Å². The van der Waals surface area contributed by atoms with E-state index in [0.717, 1.165) is 13.2 Å². The normalized spacial score (nSPS) is 14.9. The van der Waals surface area contributed by atoms with E-state index in [1.54, 1.807) is 5.32 Å². The molecule has 0 saturated carbocycles. The van der Waals surface area contributed by atoms with E-state index in [4.69, 9.17) is 5.73 Å². The van der Waals surface area contributed by atoms with Gasteiger partial charge in [-0.05, 0) is 13.0 Å². The molecule has 0 aliphatic carbocycles. The highest BCUT2D eigenvalue weighted by Crippen LogP contribution is 2.35. The minimum absolute atomic E-state index is 0.464. The fraction of sp³-hybridized carbons (Fsp3) is 0.538. The molecule has 1 atom stereocenters. The molecule has 6 nitrogen and oxygen atoms in total. The molecular formula is C13H16F5N3O3.